The Balaban J connectivity index is 1.35. The van der Waals surface area contributed by atoms with Crippen LogP contribution in [0.3, 0.4) is 0 Å². The SMILES string of the molecule is N[C@@H](Cc1cnc[nH]1)C(O)C(=O)[C@H](Cc1ccccc1)NC(=O)C(CC(=O)NCCc1ccccc1)Cc1cccc2ccccc12. The molecule has 9 heteroatoms. The number of aromatic nitrogens is 2. The molecule has 6 N–H and O–H groups in total. The lowest BCUT2D eigenvalue weighted by atomic mass is 9.90. The Labute approximate surface area is 274 Å². The van der Waals surface area contributed by atoms with Gasteiger partial charge < -0.3 is 26.5 Å². The zero-order chi connectivity index (χ0) is 33.0. The summed E-state index contributed by atoms with van der Waals surface area (Å²) in [5.41, 5.74) is 9.77. The third-order valence-corrected chi connectivity index (χ3v) is 8.38. The number of ketones is 1. The van der Waals surface area contributed by atoms with Crippen LogP contribution < -0.4 is 16.4 Å². The minimum absolute atomic E-state index is 0.0714. The van der Waals surface area contributed by atoms with Crippen LogP contribution in [0.15, 0.2) is 116 Å². The average molecular weight is 632 g/mol. The lowest BCUT2D eigenvalue weighted by Gasteiger charge is -2.26. The van der Waals surface area contributed by atoms with Gasteiger partial charge in [-0.1, -0.05) is 103 Å². The maximum absolute atomic E-state index is 14.1. The van der Waals surface area contributed by atoms with E-state index in [2.05, 4.69) is 20.6 Å². The van der Waals surface area contributed by atoms with Gasteiger partial charge in [-0.25, -0.2) is 4.98 Å². The van der Waals surface area contributed by atoms with Crippen LogP contribution >= 0.6 is 0 Å². The summed E-state index contributed by atoms with van der Waals surface area (Å²) in [6.45, 7) is 0.432. The summed E-state index contributed by atoms with van der Waals surface area (Å²) in [4.78, 5) is 48.0. The Morgan fingerprint density at radius 3 is 2.21 bits per heavy atom. The third kappa shape index (κ3) is 9.45. The first kappa shape index (κ1) is 33.2. The Morgan fingerprint density at radius 1 is 0.809 bits per heavy atom. The molecular weight excluding hydrogens is 590 g/mol. The molecule has 0 spiro atoms. The molecule has 1 aromatic heterocycles. The molecule has 1 heterocycles. The van der Waals surface area contributed by atoms with E-state index in [4.69, 9.17) is 5.73 Å². The topological polar surface area (TPSA) is 150 Å². The Morgan fingerprint density at radius 2 is 1.49 bits per heavy atom. The highest BCUT2D eigenvalue weighted by Crippen LogP contribution is 2.23. The van der Waals surface area contributed by atoms with E-state index in [0.717, 1.165) is 27.5 Å². The van der Waals surface area contributed by atoms with Crippen molar-refractivity contribution in [2.45, 2.75) is 50.3 Å². The number of hydrogen-bond acceptors (Lipinski definition) is 6. The summed E-state index contributed by atoms with van der Waals surface area (Å²) in [6, 6.07) is 31.0. The number of aliphatic hydroxyl groups excluding tert-OH is 1. The van der Waals surface area contributed by atoms with Crippen LogP contribution in [0.25, 0.3) is 10.8 Å². The molecule has 5 rings (SSSR count). The number of aromatic amines is 1. The van der Waals surface area contributed by atoms with E-state index in [1.807, 2.05) is 103 Å². The van der Waals surface area contributed by atoms with Crippen LogP contribution in [-0.4, -0.2) is 57.4 Å². The summed E-state index contributed by atoms with van der Waals surface area (Å²) in [7, 11) is 0. The smallest absolute Gasteiger partial charge is 0.224 e. The number of imidazole rings is 1. The first-order chi connectivity index (χ1) is 22.9. The molecule has 0 saturated heterocycles. The predicted octanol–water partition coefficient (Wildman–Crippen LogP) is 3.70. The monoisotopic (exact) mass is 631 g/mol. The molecule has 4 aromatic carbocycles. The van der Waals surface area contributed by atoms with Crippen LogP contribution in [0.1, 0.15) is 28.8 Å². The maximum Gasteiger partial charge on any atom is 0.224 e. The lowest BCUT2D eigenvalue weighted by Crippen LogP contribution is -2.53. The first-order valence-electron chi connectivity index (χ1n) is 15.9. The maximum atomic E-state index is 14.1. The summed E-state index contributed by atoms with van der Waals surface area (Å²) >= 11 is 0. The molecule has 242 valence electrons. The highest BCUT2D eigenvalue weighted by Gasteiger charge is 2.33. The number of nitrogens with two attached hydrogens (primary N) is 1. The zero-order valence-electron chi connectivity index (χ0n) is 26.2. The minimum atomic E-state index is -1.54. The van der Waals surface area contributed by atoms with E-state index in [-0.39, 0.29) is 31.6 Å². The fraction of sp³-hybridized carbons (Fsp3) is 0.263. The summed E-state index contributed by atoms with van der Waals surface area (Å²) in [6.07, 6.45) is 2.79. The number of H-pyrrole nitrogens is 1. The highest BCUT2D eigenvalue weighted by molar-refractivity contribution is 5.94. The number of benzene rings is 4. The van der Waals surface area contributed by atoms with Crippen LogP contribution in [0.5, 0.6) is 0 Å². The number of carbonyl (C=O) groups is 3. The van der Waals surface area contributed by atoms with E-state index in [0.29, 0.717) is 18.7 Å². The molecule has 0 bridgehead atoms. The minimum Gasteiger partial charge on any atom is -0.384 e. The van der Waals surface area contributed by atoms with Gasteiger partial charge in [-0.2, -0.15) is 0 Å². The fourth-order valence-corrected chi connectivity index (χ4v) is 5.82. The van der Waals surface area contributed by atoms with Crippen molar-refractivity contribution in [3.05, 3.63) is 138 Å². The van der Waals surface area contributed by atoms with Crippen LogP contribution in [-0.2, 0) is 40.1 Å². The summed E-state index contributed by atoms with van der Waals surface area (Å²) < 4.78 is 0. The zero-order valence-corrected chi connectivity index (χ0v) is 26.2. The third-order valence-electron chi connectivity index (χ3n) is 8.38. The summed E-state index contributed by atoms with van der Waals surface area (Å²) in [5, 5.41) is 18.9. The quantitative estimate of drug-likeness (QED) is 0.112. The van der Waals surface area contributed by atoms with E-state index >= 15 is 0 Å². The number of nitrogens with zero attached hydrogens (tertiary/aromatic N) is 1. The van der Waals surface area contributed by atoms with Crippen molar-refractivity contribution in [1.29, 1.82) is 0 Å². The van der Waals surface area contributed by atoms with E-state index < -0.39 is 35.8 Å². The van der Waals surface area contributed by atoms with Gasteiger partial charge in [0.15, 0.2) is 5.78 Å². The van der Waals surface area contributed by atoms with Crippen molar-refractivity contribution < 1.29 is 19.5 Å². The van der Waals surface area contributed by atoms with Crippen molar-refractivity contribution in [3.8, 4) is 0 Å². The van der Waals surface area contributed by atoms with Gasteiger partial charge in [-0.3, -0.25) is 14.4 Å². The van der Waals surface area contributed by atoms with Gasteiger partial charge in [0.2, 0.25) is 11.8 Å². The molecule has 0 radical (unpaired) electrons. The van der Waals surface area contributed by atoms with Crippen molar-refractivity contribution >= 4 is 28.4 Å². The number of amides is 2. The molecule has 0 fully saturated rings. The number of fused-ring (bicyclic) bond motifs is 1. The second kappa shape index (κ2) is 16.4. The number of aliphatic hydroxyl groups is 1. The Kier molecular flexibility index (Phi) is 11.6. The van der Waals surface area contributed by atoms with Crippen molar-refractivity contribution in [1.82, 2.24) is 20.6 Å². The molecule has 0 aliphatic carbocycles. The number of carbonyl (C=O) groups excluding carboxylic acids is 3. The van der Waals surface area contributed by atoms with Gasteiger partial charge in [0.05, 0.1) is 18.3 Å². The Hall–Kier alpha value is -5.12. The second-order valence-electron chi connectivity index (χ2n) is 11.9. The van der Waals surface area contributed by atoms with E-state index in [1.165, 1.54) is 6.33 Å². The molecular formula is C38H41N5O4. The van der Waals surface area contributed by atoms with Gasteiger partial charge in [0.1, 0.15) is 6.10 Å². The van der Waals surface area contributed by atoms with Gasteiger partial charge in [-0.15, -0.1) is 0 Å². The largest absolute Gasteiger partial charge is 0.384 e. The molecule has 9 nitrogen and oxygen atoms in total. The van der Waals surface area contributed by atoms with Crippen LogP contribution in [0.2, 0.25) is 0 Å². The van der Waals surface area contributed by atoms with Crippen molar-refractivity contribution in [3.63, 3.8) is 0 Å². The standard InChI is InChI=1S/C38H41N5O4/c39-33(23-31-24-40-25-42-31)36(45)37(46)34(20-27-12-5-2-6-13-27)43-38(47)30(21-29-16-9-15-28-14-7-8-17-32(28)29)22-35(44)41-19-18-26-10-3-1-4-11-26/h1-17,24-25,30,33-34,36,45H,18-23,39H2,(H,40,42)(H,41,44)(H,43,47)/t30?,33-,34-,36?/m0/s1. The van der Waals surface area contributed by atoms with Crippen LogP contribution in [0, 0.1) is 5.92 Å². The second-order valence-corrected chi connectivity index (χ2v) is 11.9. The van der Waals surface area contributed by atoms with E-state index in [9.17, 15) is 19.5 Å². The number of nitrogens with one attached hydrogen (secondary N) is 3. The Bertz CT molecular complexity index is 1740. The van der Waals surface area contributed by atoms with Gasteiger partial charge in [-0.05, 0) is 46.7 Å². The number of Topliss-reactive ketones (excluding diaryl/α,β-unsaturated/α-hetero) is 1. The van der Waals surface area contributed by atoms with Gasteiger partial charge in [0.25, 0.3) is 0 Å². The lowest BCUT2D eigenvalue weighted by molar-refractivity contribution is -0.136. The summed E-state index contributed by atoms with van der Waals surface area (Å²) in [5.74, 6) is -2.07. The van der Waals surface area contributed by atoms with Crippen molar-refractivity contribution in [2.75, 3.05) is 6.54 Å². The number of hydrogen-bond donors (Lipinski definition) is 5. The highest BCUT2D eigenvalue weighted by atomic mass is 16.3. The molecule has 0 aliphatic heterocycles. The molecule has 0 aliphatic rings. The molecule has 4 atom stereocenters. The average Bonchev–Trinajstić information content (AvgIpc) is 3.61. The van der Waals surface area contributed by atoms with Gasteiger partial charge >= 0.3 is 0 Å². The molecule has 2 unspecified atom stereocenters. The van der Waals surface area contributed by atoms with Gasteiger partial charge in [0, 0.05) is 37.3 Å². The van der Waals surface area contributed by atoms with Crippen LogP contribution in [0.4, 0.5) is 0 Å². The first-order valence-corrected chi connectivity index (χ1v) is 15.9. The molecule has 47 heavy (non-hydrogen) atoms. The van der Waals surface area contributed by atoms with Crippen molar-refractivity contribution in [2.24, 2.45) is 11.7 Å². The molecule has 2 amide bonds. The predicted molar refractivity (Wildman–Crippen MR) is 182 cm³/mol. The van der Waals surface area contributed by atoms with E-state index in [1.54, 1.807) is 6.20 Å². The number of rotatable bonds is 16. The molecule has 0 saturated carbocycles. The fourth-order valence-electron chi connectivity index (χ4n) is 5.82. The molecule has 5 aromatic rings. The normalized spacial score (nSPS) is 13.7.